The summed E-state index contributed by atoms with van der Waals surface area (Å²) in [7, 11) is 0. The second-order valence-electron chi connectivity index (χ2n) is 18.1. The summed E-state index contributed by atoms with van der Waals surface area (Å²) in [4.78, 5) is 2.35. The van der Waals surface area contributed by atoms with Gasteiger partial charge in [-0.15, -0.1) is 0 Å². The van der Waals surface area contributed by atoms with Gasteiger partial charge in [0.2, 0.25) is 0 Å². The first-order valence-electron chi connectivity index (χ1n) is 24.2. The van der Waals surface area contributed by atoms with Crippen molar-refractivity contribution < 1.29 is 4.42 Å². The highest BCUT2D eigenvalue weighted by atomic mass is 16.3. The zero-order valence-corrected chi connectivity index (χ0v) is 38.9. The summed E-state index contributed by atoms with van der Waals surface area (Å²) in [5.41, 5.74) is 19.3. The van der Waals surface area contributed by atoms with Crippen molar-refractivity contribution in [1.29, 1.82) is 0 Å². The van der Waals surface area contributed by atoms with Gasteiger partial charge in [0, 0.05) is 44.2 Å². The van der Waals surface area contributed by atoms with E-state index in [-0.39, 0.29) is 0 Å². The second kappa shape index (κ2) is 17.9. The standard InChI is InChI=1S/C68H46N2O/c1-6-19-47(20-7-1)43-62(52-35-33-50(34-36-52)48-21-8-2-9-22-48)54-44-63-61-31-18-30-58(53-39-42-60-59-29-16-17-32-64(59)70(65(60)45-53)56-27-14-5-15-28-56)67(61)71-68(63)66(46-54)69(55-25-12-4-13-26-55)57-40-37-51(38-41-57)49-23-10-3-11-24-49/h1-46H/b62-43+. The molecule has 0 aliphatic rings. The normalized spacial score (nSPS) is 11.7. The van der Waals surface area contributed by atoms with E-state index in [2.05, 4.69) is 289 Å². The summed E-state index contributed by atoms with van der Waals surface area (Å²) >= 11 is 0. The van der Waals surface area contributed by atoms with Crippen LogP contribution in [0.15, 0.2) is 277 Å². The summed E-state index contributed by atoms with van der Waals surface area (Å²) in [6, 6.07) is 97.8. The van der Waals surface area contributed by atoms with Crippen molar-refractivity contribution in [2.45, 2.75) is 0 Å². The van der Waals surface area contributed by atoms with Crippen LogP contribution in [0.25, 0.3) is 94.5 Å². The molecule has 0 aliphatic carbocycles. The summed E-state index contributed by atoms with van der Waals surface area (Å²) in [5.74, 6) is 0. The van der Waals surface area contributed by atoms with Crippen LogP contribution in [0, 0.1) is 0 Å². The molecular formula is C68H46N2O. The van der Waals surface area contributed by atoms with Crippen molar-refractivity contribution >= 4 is 72.5 Å². The lowest BCUT2D eigenvalue weighted by atomic mass is 9.92. The Morgan fingerprint density at radius 1 is 0.352 bits per heavy atom. The smallest absolute Gasteiger partial charge is 0.159 e. The van der Waals surface area contributed by atoms with Gasteiger partial charge >= 0.3 is 0 Å². The number of para-hydroxylation sites is 4. The maximum absolute atomic E-state index is 7.43. The fraction of sp³-hybridized carbons (Fsp3) is 0. The molecule has 0 fully saturated rings. The minimum atomic E-state index is 0.810. The van der Waals surface area contributed by atoms with Crippen LogP contribution in [-0.2, 0) is 0 Å². The van der Waals surface area contributed by atoms with Crippen molar-refractivity contribution in [3.05, 3.63) is 290 Å². The zero-order chi connectivity index (χ0) is 47.1. The van der Waals surface area contributed by atoms with Crippen LogP contribution in [0.3, 0.4) is 0 Å². The number of hydrogen-bond acceptors (Lipinski definition) is 2. The quantitative estimate of drug-likeness (QED) is 0.128. The molecule has 2 aromatic heterocycles. The van der Waals surface area contributed by atoms with E-state index >= 15 is 0 Å². The van der Waals surface area contributed by atoms with Gasteiger partial charge in [-0.05, 0) is 117 Å². The first kappa shape index (κ1) is 41.7. The van der Waals surface area contributed by atoms with Crippen LogP contribution < -0.4 is 4.90 Å². The molecule has 0 saturated heterocycles. The highest BCUT2D eigenvalue weighted by Gasteiger charge is 2.24. The highest BCUT2D eigenvalue weighted by Crippen LogP contribution is 2.47. The van der Waals surface area contributed by atoms with E-state index in [1.165, 1.54) is 33.0 Å². The molecule has 0 amide bonds. The molecule has 13 rings (SSSR count). The minimum Gasteiger partial charge on any atom is -0.453 e. The van der Waals surface area contributed by atoms with Gasteiger partial charge < -0.3 is 13.9 Å². The second-order valence-corrected chi connectivity index (χ2v) is 18.1. The molecule has 0 saturated carbocycles. The molecule has 3 nitrogen and oxygen atoms in total. The Morgan fingerprint density at radius 3 is 1.58 bits per heavy atom. The van der Waals surface area contributed by atoms with E-state index in [9.17, 15) is 0 Å². The van der Waals surface area contributed by atoms with E-state index in [4.69, 9.17) is 4.42 Å². The third kappa shape index (κ3) is 7.67. The number of fused-ring (bicyclic) bond motifs is 6. The summed E-state index contributed by atoms with van der Waals surface area (Å²) in [6.07, 6.45) is 2.32. The Kier molecular flexibility index (Phi) is 10.5. The van der Waals surface area contributed by atoms with Crippen molar-refractivity contribution in [2.75, 3.05) is 4.90 Å². The molecule has 13 aromatic rings. The SMILES string of the molecule is C(=C(/c1ccc(-c2ccccc2)cc1)c1cc(N(c2ccccc2)c2ccc(-c3ccccc3)cc2)c2oc3c(-c4ccc5c6ccccc6n(-c6ccccc6)c5c4)cccc3c2c1)/c1ccccc1. The van der Waals surface area contributed by atoms with E-state index in [1.54, 1.807) is 0 Å². The first-order valence-corrected chi connectivity index (χ1v) is 24.2. The lowest BCUT2D eigenvalue weighted by molar-refractivity contribution is 0.670. The zero-order valence-electron chi connectivity index (χ0n) is 38.9. The van der Waals surface area contributed by atoms with Gasteiger partial charge in [0.1, 0.15) is 5.58 Å². The lowest BCUT2D eigenvalue weighted by Crippen LogP contribution is -2.10. The van der Waals surface area contributed by atoms with E-state index in [0.717, 1.165) is 89.2 Å². The molecule has 334 valence electrons. The molecule has 3 heteroatoms. The Balaban J connectivity index is 1.06. The molecule has 11 aromatic carbocycles. The third-order valence-corrected chi connectivity index (χ3v) is 13.8. The number of nitrogens with zero attached hydrogens (tertiary/aromatic N) is 2. The number of furan rings is 1. The Hall–Kier alpha value is -9.44. The number of rotatable bonds is 10. The summed E-state index contributed by atoms with van der Waals surface area (Å²) < 4.78 is 9.81. The van der Waals surface area contributed by atoms with Gasteiger partial charge in [-0.25, -0.2) is 0 Å². The van der Waals surface area contributed by atoms with Gasteiger partial charge in [-0.1, -0.05) is 212 Å². The van der Waals surface area contributed by atoms with Crippen LogP contribution in [0.5, 0.6) is 0 Å². The van der Waals surface area contributed by atoms with Crippen molar-refractivity contribution in [2.24, 2.45) is 0 Å². The van der Waals surface area contributed by atoms with E-state index < -0.39 is 0 Å². The Morgan fingerprint density at radius 2 is 0.887 bits per heavy atom. The average Bonchev–Trinajstić information content (AvgIpc) is 4.00. The molecule has 0 aliphatic heterocycles. The monoisotopic (exact) mass is 906 g/mol. The van der Waals surface area contributed by atoms with E-state index in [1.807, 2.05) is 0 Å². The van der Waals surface area contributed by atoms with Crippen molar-refractivity contribution in [3.63, 3.8) is 0 Å². The third-order valence-electron chi connectivity index (χ3n) is 13.8. The van der Waals surface area contributed by atoms with Gasteiger partial charge in [-0.2, -0.15) is 0 Å². The predicted octanol–water partition coefficient (Wildman–Crippen LogP) is 18.7. The lowest BCUT2D eigenvalue weighted by Gasteiger charge is -2.26. The number of benzene rings is 11. The highest BCUT2D eigenvalue weighted by molar-refractivity contribution is 6.16. The maximum Gasteiger partial charge on any atom is 0.159 e. The number of aromatic nitrogens is 1. The predicted molar refractivity (Wildman–Crippen MR) is 299 cm³/mol. The summed E-state index contributed by atoms with van der Waals surface area (Å²) in [6.45, 7) is 0. The Labute approximate surface area is 413 Å². The molecule has 0 atom stereocenters. The molecule has 0 radical (unpaired) electrons. The molecule has 0 spiro atoms. The number of anilines is 3. The molecule has 0 unspecified atom stereocenters. The molecule has 71 heavy (non-hydrogen) atoms. The van der Waals surface area contributed by atoms with Crippen LogP contribution >= 0.6 is 0 Å². The first-order chi connectivity index (χ1) is 35.2. The van der Waals surface area contributed by atoms with E-state index in [0.29, 0.717) is 0 Å². The topological polar surface area (TPSA) is 21.3 Å². The van der Waals surface area contributed by atoms with Crippen LogP contribution in [-0.4, -0.2) is 4.57 Å². The molecule has 0 N–H and O–H groups in total. The van der Waals surface area contributed by atoms with Crippen LogP contribution in [0.4, 0.5) is 17.1 Å². The van der Waals surface area contributed by atoms with Crippen molar-refractivity contribution in [3.8, 4) is 39.1 Å². The van der Waals surface area contributed by atoms with Crippen LogP contribution in [0.1, 0.15) is 16.7 Å². The van der Waals surface area contributed by atoms with Gasteiger partial charge in [0.05, 0.1) is 16.7 Å². The molecule has 2 heterocycles. The Bertz CT molecular complexity index is 4040. The fourth-order valence-electron chi connectivity index (χ4n) is 10.4. The van der Waals surface area contributed by atoms with Gasteiger partial charge in [-0.3, -0.25) is 0 Å². The van der Waals surface area contributed by atoms with Crippen molar-refractivity contribution in [1.82, 2.24) is 4.57 Å². The average molecular weight is 907 g/mol. The number of hydrogen-bond donors (Lipinski definition) is 0. The maximum atomic E-state index is 7.43. The van der Waals surface area contributed by atoms with Gasteiger partial charge in [0.15, 0.2) is 5.58 Å². The van der Waals surface area contributed by atoms with Crippen LogP contribution in [0.2, 0.25) is 0 Å². The van der Waals surface area contributed by atoms with Gasteiger partial charge in [0.25, 0.3) is 0 Å². The summed E-state index contributed by atoms with van der Waals surface area (Å²) in [5, 5.41) is 4.53. The molecular weight excluding hydrogens is 861 g/mol. The minimum absolute atomic E-state index is 0.810. The molecule has 0 bridgehead atoms. The fourth-order valence-corrected chi connectivity index (χ4v) is 10.4. The largest absolute Gasteiger partial charge is 0.453 e.